The monoisotopic (exact) mass is 340 g/mol. The Labute approximate surface area is 148 Å². The molecule has 1 unspecified atom stereocenters. The minimum atomic E-state index is -0.377. The van der Waals surface area contributed by atoms with E-state index in [0.29, 0.717) is 18.0 Å². The van der Waals surface area contributed by atoms with Gasteiger partial charge in [-0.3, -0.25) is 9.59 Å². The van der Waals surface area contributed by atoms with Gasteiger partial charge in [0.05, 0.1) is 24.8 Å². The van der Waals surface area contributed by atoms with E-state index in [1.54, 1.807) is 6.07 Å². The Morgan fingerprint density at radius 1 is 1.08 bits per heavy atom. The van der Waals surface area contributed by atoms with Gasteiger partial charge in [-0.1, -0.05) is 42.0 Å². The molecule has 0 saturated carbocycles. The maximum Gasteiger partial charge on any atom is 0.226 e. The second kappa shape index (κ2) is 8.87. The van der Waals surface area contributed by atoms with Gasteiger partial charge in [-0.25, -0.2) is 0 Å². The summed E-state index contributed by atoms with van der Waals surface area (Å²) in [5, 5.41) is 5.71. The summed E-state index contributed by atoms with van der Waals surface area (Å²) >= 11 is 0. The number of para-hydroxylation sites is 2. The van der Waals surface area contributed by atoms with E-state index in [9.17, 15) is 9.59 Å². The molecule has 5 nitrogen and oxygen atoms in total. The molecule has 0 spiro atoms. The van der Waals surface area contributed by atoms with Gasteiger partial charge in [0, 0.05) is 6.92 Å². The lowest BCUT2D eigenvalue weighted by atomic mass is 10.0. The summed E-state index contributed by atoms with van der Waals surface area (Å²) in [7, 11) is 0. The molecule has 0 aliphatic rings. The first kappa shape index (κ1) is 18.5. The minimum absolute atomic E-state index is 0.142. The average Bonchev–Trinajstić information content (AvgIpc) is 2.56. The van der Waals surface area contributed by atoms with E-state index in [-0.39, 0.29) is 24.3 Å². The summed E-state index contributed by atoms with van der Waals surface area (Å²) in [5.41, 5.74) is 2.65. The number of carbonyl (C=O) groups excluding carboxylic acids is 2. The van der Waals surface area contributed by atoms with Crippen molar-refractivity contribution in [3.63, 3.8) is 0 Å². The Morgan fingerprint density at radius 2 is 1.76 bits per heavy atom. The molecule has 2 aromatic carbocycles. The molecule has 0 aliphatic heterocycles. The highest BCUT2D eigenvalue weighted by Crippen LogP contribution is 2.25. The summed E-state index contributed by atoms with van der Waals surface area (Å²) < 4.78 is 5.52. The van der Waals surface area contributed by atoms with E-state index in [1.807, 2.05) is 56.3 Å². The summed E-state index contributed by atoms with van der Waals surface area (Å²) in [6, 6.07) is 14.7. The van der Waals surface area contributed by atoms with Gasteiger partial charge in [0.1, 0.15) is 5.75 Å². The van der Waals surface area contributed by atoms with Crippen LogP contribution >= 0.6 is 0 Å². The fourth-order valence-electron chi connectivity index (χ4n) is 2.53. The van der Waals surface area contributed by atoms with Crippen molar-refractivity contribution in [1.82, 2.24) is 5.32 Å². The maximum absolute atomic E-state index is 12.5. The van der Waals surface area contributed by atoms with Gasteiger partial charge < -0.3 is 15.4 Å². The average molecular weight is 340 g/mol. The van der Waals surface area contributed by atoms with Gasteiger partial charge in [0.2, 0.25) is 11.8 Å². The molecule has 0 bridgehead atoms. The second-order valence-electron chi connectivity index (χ2n) is 5.85. The van der Waals surface area contributed by atoms with Gasteiger partial charge in [-0.2, -0.15) is 0 Å². The predicted octanol–water partition coefficient (Wildman–Crippen LogP) is 3.60. The zero-order valence-electron chi connectivity index (χ0n) is 14.8. The van der Waals surface area contributed by atoms with Crippen molar-refractivity contribution < 1.29 is 14.3 Å². The van der Waals surface area contributed by atoms with E-state index in [4.69, 9.17) is 4.74 Å². The van der Waals surface area contributed by atoms with E-state index >= 15 is 0 Å². The molecule has 5 heteroatoms. The predicted molar refractivity (Wildman–Crippen MR) is 98.6 cm³/mol. The van der Waals surface area contributed by atoms with Crippen molar-refractivity contribution in [3.8, 4) is 5.75 Å². The largest absolute Gasteiger partial charge is 0.492 e. The number of carbonyl (C=O) groups is 2. The second-order valence-corrected chi connectivity index (χ2v) is 5.85. The first-order chi connectivity index (χ1) is 12.0. The first-order valence-corrected chi connectivity index (χ1v) is 8.35. The third kappa shape index (κ3) is 5.64. The minimum Gasteiger partial charge on any atom is -0.492 e. The lowest BCUT2D eigenvalue weighted by Crippen LogP contribution is -2.29. The third-order valence-corrected chi connectivity index (χ3v) is 3.71. The molecular formula is C20H24N2O3. The van der Waals surface area contributed by atoms with E-state index < -0.39 is 0 Å². The number of hydrogen-bond donors (Lipinski definition) is 2. The molecule has 1 atom stereocenters. The molecule has 0 aromatic heterocycles. The highest BCUT2D eigenvalue weighted by Gasteiger charge is 2.18. The lowest BCUT2D eigenvalue weighted by molar-refractivity contribution is -0.120. The molecule has 0 aliphatic carbocycles. The highest BCUT2D eigenvalue weighted by molar-refractivity contribution is 5.93. The zero-order valence-corrected chi connectivity index (χ0v) is 14.8. The summed E-state index contributed by atoms with van der Waals surface area (Å²) in [6.07, 6.45) is 0.142. The van der Waals surface area contributed by atoms with Gasteiger partial charge >= 0.3 is 0 Å². The molecular weight excluding hydrogens is 316 g/mol. The summed E-state index contributed by atoms with van der Waals surface area (Å²) in [6.45, 7) is 5.85. The van der Waals surface area contributed by atoms with Crippen molar-refractivity contribution >= 4 is 17.5 Å². The summed E-state index contributed by atoms with van der Waals surface area (Å²) in [4.78, 5) is 24.0. The third-order valence-electron chi connectivity index (χ3n) is 3.71. The topological polar surface area (TPSA) is 67.4 Å². The van der Waals surface area contributed by atoms with Gasteiger partial charge in [-0.15, -0.1) is 0 Å². The number of anilines is 1. The van der Waals surface area contributed by atoms with Crippen LogP contribution in [0.2, 0.25) is 0 Å². The molecule has 132 valence electrons. The van der Waals surface area contributed by atoms with Crippen molar-refractivity contribution in [1.29, 1.82) is 0 Å². The van der Waals surface area contributed by atoms with Crippen molar-refractivity contribution in [2.24, 2.45) is 0 Å². The van der Waals surface area contributed by atoms with Crippen molar-refractivity contribution in [2.75, 3.05) is 11.9 Å². The van der Waals surface area contributed by atoms with Crippen LogP contribution in [-0.4, -0.2) is 18.4 Å². The quantitative estimate of drug-likeness (QED) is 0.809. The highest BCUT2D eigenvalue weighted by atomic mass is 16.5. The van der Waals surface area contributed by atoms with Crippen LogP contribution in [0.3, 0.4) is 0 Å². The van der Waals surface area contributed by atoms with Crippen molar-refractivity contribution in [3.05, 3.63) is 59.7 Å². The smallest absolute Gasteiger partial charge is 0.226 e. The number of aryl methyl sites for hydroxylation is 1. The van der Waals surface area contributed by atoms with Gasteiger partial charge in [0.25, 0.3) is 0 Å². The number of rotatable bonds is 7. The van der Waals surface area contributed by atoms with Crippen LogP contribution < -0.4 is 15.4 Å². The zero-order chi connectivity index (χ0) is 18.2. The molecule has 0 fully saturated rings. The Bertz CT molecular complexity index is 726. The normalized spacial score (nSPS) is 11.5. The standard InChI is InChI=1S/C20H24N2O3/c1-4-25-19-8-6-5-7-17(19)22-20(24)13-18(21-15(3)23)16-11-9-14(2)10-12-16/h5-12,18H,4,13H2,1-3H3,(H,21,23)(H,22,24). The van der Waals surface area contributed by atoms with Crippen molar-refractivity contribution in [2.45, 2.75) is 33.2 Å². The lowest BCUT2D eigenvalue weighted by Gasteiger charge is -2.19. The fourth-order valence-corrected chi connectivity index (χ4v) is 2.53. The summed E-state index contributed by atoms with van der Waals surface area (Å²) in [5.74, 6) is 0.268. The molecule has 25 heavy (non-hydrogen) atoms. The molecule has 2 rings (SSSR count). The maximum atomic E-state index is 12.5. The number of hydrogen-bond acceptors (Lipinski definition) is 3. The van der Waals surface area contributed by atoms with Crippen LogP contribution in [0.5, 0.6) is 5.75 Å². The van der Waals surface area contributed by atoms with Gasteiger partial charge in [-0.05, 0) is 31.5 Å². The van der Waals surface area contributed by atoms with Crippen LogP contribution in [0.1, 0.15) is 37.4 Å². The molecule has 2 amide bonds. The van der Waals surface area contributed by atoms with E-state index in [0.717, 1.165) is 11.1 Å². The Morgan fingerprint density at radius 3 is 2.40 bits per heavy atom. The Hall–Kier alpha value is -2.82. The van der Waals surface area contributed by atoms with Crippen LogP contribution in [-0.2, 0) is 9.59 Å². The van der Waals surface area contributed by atoms with E-state index in [2.05, 4.69) is 10.6 Å². The number of nitrogens with one attached hydrogen (secondary N) is 2. The fraction of sp³-hybridized carbons (Fsp3) is 0.300. The SMILES string of the molecule is CCOc1ccccc1NC(=O)CC(NC(C)=O)c1ccc(C)cc1. The number of amides is 2. The van der Waals surface area contributed by atoms with Crippen LogP contribution in [0.15, 0.2) is 48.5 Å². The molecule has 0 saturated heterocycles. The number of ether oxygens (including phenoxy) is 1. The first-order valence-electron chi connectivity index (χ1n) is 8.35. The van der Waals surface area contributed by atoms with Crippen LogP contribution in [0.25, 0.3) is 0 Å². The Balaban J connectivity index is 2.11. The molecule has 2 aromatic rings. The molecule has 0 radical (unpaired) electrons. The van der Waals surface area contributed by atoms with Crippen LogP contribution in [0.4, 0.5) is 5.69 Å². The van der Waals surface area contributed by atoms with E-state index in [1.165, 1.54) is 6.92 Å². The molecule has 0 heterocycles. The number of benzene rings is 2. The molecule has 2 N–H and O–H groups in total. The van der Waals surface area contributed by atoms with Gasteiger partial charge in [0.15, 0.2) is 0 Å². The Kier molecular flexibility index (Phi) is 6.57. The van der Waals surface area contributed by atoms with Crippen LogP contribution in [0, 0.1) is 6.92 Å².